The minimum Gasteiger partial charge on any atom is -0.283 e. The Balaban J connectivity index is 1.74. The van der Waals surface area contributed by atoms with Crippen molar-refractivity contribution in [2.75, 3.05) is 24.6 Å². The third-order valence-corrected chi connectivity index (χ3v) is 7.27. The summed E-state index contributed by atoms with van der Waals surface area (Å²) in [6.45, 7) is 2.30. The lowest BCUT2D eigenvalue weighted by Crippen LogP contribution is -2.50. The molecule has 0 saturated carbocycles. The van der Waals surface area contributed by atoms with E-state index in [1.807, 2.05) is 37.3 Å². The van der Waals surface area contributed by atoms with E-state index in [0.717, 1.165) is 11.3 Å². The van der Waals surface area contributed by atoms with Gasteiger partial charge in [0.2, 0.25) is 0 Å². The Labute approximate surface area is 190 Å². The standard InChI is InChI=1S/C21H20Cl2N4O3S/c1-14-19(21(28)25-26-9-11-31(29,30)12-10-26)24-27(18-8-7-16(22)13-17(18)23)20(14)15-5-3-2-4-6-15/h2-8,13H,9-12H2,1H3,(H,25,28). The average molecular weight is 479 g/mol. The van der Waals surface area contributed by atoms with Gasteiger partial charge in [-0.25, -0.2) is 18.1 Å². The van der Waals surface area contributed by atoms with Gasteiger partial charge in [0, 0.05) is 29.2 Å². The SMILES string of the molecule is Cc1c(C(=O)NN2CCS(=O)(=O)CC2)nn(-c2ccc(Cl)cc2Cl)c1-c1ccccc1. The first-order chi connectivity index (χ1) is 14.7. The van der Waals surface area contributed by atoms with Crippen LogP contribution in [0.3, 0.4) is 0 Å². The van der Waals surface area contributed by atoms with Crippen LogP contribution in [0.5, 0.6) is 0 Å². The summed E-state index contributed by atoms with van der Waals surface area (Å²) in [5, 5.41) is 7.08. The number of halogens is 2. The van der Waals surface area contributed by atoms with Crippen LogP contribution in [0.2, 0.25) is 10.0 Å². The zero-order valence-corrected chi connectivity index (χ0v) is 19.0. The molecule has 2 aromatic carbocycles. The van der Waals surface area contributed by atoms with Gasteiger partial charge < -0.3 is 0 Å². The lowest BCUT2D eigenvalue weighted by atomic mass is 10.1. The first kappa shape index (κ1) is 21.8. The third kappa shape index (κ3) is 4.62. The van der Waals surface area contributed by atoms with Gasteiger partial charge in [-0.1, -0.05) is 53.5 Å². The van der Waals surface area contributed by atoms with E-state index in [4.69, 9.17) is 23.2 Å². The highest BCUT2D eigenvalue weighted by Gasteiger charge is 2.27. The van der Waals surface area contributed by atoms with Gasteiger partial charge in [-0.15, -0.1) is 0 Å². The zero-order valence-electron chi connectivity index (χ0n) is 16.7. The van der Waals surface area contributed by atoms with Crippen molar-refractivity contribution in [3.63, 3.8) is 0 Å². The predicted octanol–water partition coefficient (Wildman–Crippen LogP) is 3.53. The first-order valence-electron chi connectivity index (χ1n) is 9.62. The van der Waals surface area contributed by atoms with Crippen LogP contribution in [0, 0.1) is 6.92 Å². The van der Waals surface area contributed by atoms with Crippen molar-refractivity contribution in [2.24, 2.45) is 0 Å². The molecule has 0 aliphatic carbocycles. The molecule has 0 spiro atoms. The molecule has 0 atom stereocenters. The summed E-state index contributed by atoms with van der Waals surface area (Å²) in [6, 6.07) is 14.7. The molecule has 1 fully saturated rings. The van der Waals surface area contributed by atoms with Crippen LogP contribution < -0.4 is 5.43 Å². The number of hydrogen-bond acceptors (Lipinski definition) is 5. The fraction of sp³-hybridized carbons (Fsp3) is 0.238. The predicted molar refractivity (Wildman–Crippen MR) is 121 cm³/mol. The van der Waals surface area contributed by atoms with Crippen LogP contribution in [0.25, 0.3) is 16.9 Å². The quantitative estimate of drug-likeness (QED) is 0.619. The number of rotatable bonds is 4. The lowest BCUT2D eigenvalue weighted by molar-refractivity contribution is 0.0795. The number of nitrogens with zero attached hydrogens (tertiary/aromatic N) is 3. The molecule has 10 heteroatoms. The summed E-state index contributed by atoms with van der Waals surface area (Å²) in [6.07, 6.45) is 0. The number of benzene rings is 2. The van der Waals surface area contributed by atoms with Crippen molar-refractivity contribution in [1.29, 1.82) is 0 Å². The summed E-state index contributed by atoms with van der Waals surface area (Å²) in [4.78, 5) is 13.0. The normalized spacial score (nSPS) is 16.2. The Kier molecular flexibility index (Phi) is 6.07. The van der Waals surface area contributed by atoms with Gasteiger partial charge >= 0.3 is 0 Å². The molecule has 1 aromatic heterocycles. The zero-order chi connectivity index (χ0) is 22.2. The van der Waals surface area contributed by atoms with Crippen molar-refractivity contribution < 1.29 is 13.2 Å². The van der Waals surface area contributed by atoms with Crippen molar-refractivity contribution >= 4 is 38.9 Å². The van der Waals surface area contributed by atoms with Gasteiger partial charge in [0.25, 0.3) is 5.91 Å². The Bertz CT molecular complexity index is 1230. The number of sulfone groups is 1. The molecule has 7 nitrogen and oxygen atoms in total. The molecular weight excluding hydrogens is 459 g/mol. The number of hydrazine groups is 1. The molecule has 0 unspecified atom stereocenters. The molecular formula is C21H20Cl2N4O3S. The fourth-order valence-corrected chi connectivity index (χ4v) is 5.18. The molecule has 4 rings (SSSR count). The summed E-state index contributed by atoms with van der Waals surface area (Å²) >= 11 is 12.5. The van der Waals surface area contributed by atoms with E-state index in [0.29, 0.717) is 21.3 Å². The number of carbonyl (C=O) groups excluding carboxylic acids is 1. The number of carbonyl (C=O) groups is 1. The largest absolute Gasteiger partial charge is 0.286 e. The van der Waals surface area contributed by atoms with Crippen LogP contribution >= 0.6 is 23.2 Å². The molecule has 1 saturated heterocycles. The minimum atomic E-state index is -3.05. The van der Waals surface area contributed by atoms with Crippen molar-refractivity contribution in [2.45, 2.75) is 6.92 Å². The van der Waals surface area contributed by atoms with Crippen molar-refractivity contribution in [3.8, 4) is 16.9 Å². The van der Waals surface area contributed by atoms with Gasteiger partial charge in [-0.2, -0.15) is 5.10 Å². The van der Waals surface area contributed by atoms with Crippen LogP contribution in [0.1, 0.15) is 16.1 Å². The van der Waals surface area contributed by atoms with E-state index in [2.05, 4.69) is 10.5 Å². The number of aromatic nitrogens is 2. The van der Waals surface area contributed by atoms with E-state index in [1.165, 1.54) is 0 Å². The molecule has 3 aromatic rings. The second kappa shape index (κ2) is 8.63. The maximum Gasteiger partial charge on any atom is 0.286 e. The minimum absolute atomic E-state index is 0.0103. The summed E-state index contributed by atoms with van der Waals surface area (Å²) in [5.74, 6) is -0.384. The highest BCUT2D eigenvalue weighted by Crippen LogP contribution is 2.32. The van der Waals surface area contributed by atoms with Gasteiger partial charge in [0.15, 0.2) is 15.5 Å². The highest BCUT2D eigenvalue weighted by atomic mass is 35.5. The molecule has 31 heavy (non-hydrogen) atoms. The van der Waals surface area contributed by atoms with Crippen molar-refractivity contribution in [3.05, 3.63) is 69.8 Å². The van der Waals surface area contributed by atoms with E-state index in [9.17, 15) is 13.2 Å². The van der Waals surface area contributed by atoms with Crippen LogP contribution in [-0.2, 0) is 9.84 Å². The van der Waals surface area contributed by atoms with E-state index < -0.39 is 15.7 Å². The van der Waals surface area contributed by atoms with Gasteiger partial charge in [-0.3, -0.25) is 10.2 Å². The van der Waals surface area contributed by atoms with E-state index in [-0.39, 0.29) is 30.3 Å². The van der Waals surface area contributed by atoms with Crippen LogP contribution in [0.4, 0.5) is 0 Å². The van der Waals surface area contributed by atoms with Gasteiger partial charge in [0.1, 0.15) is 0 Å². The smallest absolute Gasteiger partial charge is 0.283 e. The molecule has 0 radical (unpaired) electrons. The van der Waals surface area contributed by atoms with Crippen LogP contribution in [-0.4, -0.2) is 53.7 Å². The third-order valence-electron chi connectivity index (χ3n) is 5.13. The number of hydrogen-bond donors (Lipinski definition) is 1. The number of amides is 1. The van der Waals surface area contributed by atoms with Gasteiger partial charge in [0.05, 0.1) is 27.9 Å². The number of nitrogens with one attached hydrogen (secondary N) is 1. The summed E-state index contributed by atoms with van der Waals surface area (Å²) < 4.78 is 24.9. The summed E-state index contributed by atoms with van der Waals surface area (Å²) in [7, 11) is -3.05. The highest BCUT2D eigenvalue weighted by molar-refractivity contribution is 7.91. The topological polar surface area (TPSA) is 84.3 Å². The molecule has 1 aliphatic heterocycles. The second-order valence-corrected chi connectivity index (χ2v) is 10.4. The van der Waals surface area contributed by atoms with E-state index >= 15 is 0 Å². The lowest BCUT2D eigenvalue weighted by Gasteiger charge is -2.26. The van der Waals surface area contributed by atoms with E-state index in [1.54, 1.807) is 27.9 Å². The second-order valence-electron chi connectivity index (χ2n) is 7.28. The Morgan fingerprint density at radius 2 is 1.74 bits per heavy atom. The molecule has 1 amide bonds. The molecule has 1 N–H and O–H groups in total. The summed E-state index contributed by atoms with van der Waals surface area (Å²) in [5.41, 5.74) is 5.90. The van der Waals surface area contributed by atoms with Crippen molar-refractivity contribution in [1.82, 2.24) is 20.2 Å². The Morgan fingerprint density at radius 3 is 2.39 bits per heavy atom. The molecule has 2 heterocycles. The average Bonchev–Trinajstić information content (AvgIpc) is 3.07. The maximum atomic E-state index is 13.0. The first-order valence-corrected chi connectivity index (χ1v) is 12.2. The fourth-order valence-electron chi connectivity index (χ4n) is 3.49. The Morgan fingerprint density at radius 1 is 1.06 bits per heavy atom. The Hall–Kier alpha value is -2.39. The monoisotopic (exact) mass is 478 g/mol. The van der Waals surface area contributed by atoms with Gasteiger partial charge in [-0.05, 0) is 25.1 Å². The van der Waals surface area contributed by atoms with Crippen LogP contribution in [0.15, 0.2) is 48.5 Å². The molecule has 0 bridgehead atoms. The molecule has 162 valence electrons. The maximum absolute atomic E-state index is 13.0. The molecule has 1 aliphatic rings.